The van der Waals surface area contributed by atoms with Gasteiger partial charge in [-0.2, -0.15) is 0 Å². The Kier molecular flexibility index (Phi) is 7.87. The van der Waals surface area contributed by atoms with E-state index >= 15 is 0 Å². The van der Waals surface area contributed by atoms with Gasteiger partial charge in [-0.1, -0.05) is 30.3 Å². The minimum absolute atomic E-state index is 0.0521. The lowest BCUT2D eigenvalue weighted by Crippen LogP contribution is -2.29. The second-order valence-electron chi connectivity index (χ2n) is 7.50. The number of nitrogens with one attached hydrogen (secondary N) is 1. The first-order chi connectivity index (χ1) is 16.6. The number of esters is 2. The van der Waals surface area contributed by atoms with Crippen LogP contribution in [-0.2, 0) is 26.0 Å². The molecule has 0 radical (unpaired) electrons. The van der Waals surface area contributed by atoms with Crippen LogP contribution in [0.4, 0.5) is 11.4 Å². The first-order valence-electron chi connectivity index (χ1n) is 10.4. The summed E-state index contributed by atoms with van der Waals surface area (Å²) in [6.07, 6.45) is 1.11. The summed E-state index contributed by atoms with van der Waals surface area (Å²) in [6, 6.07) is 19.1. The molecule has 0 aromatic heterocycles. The zero-order valence-corrected chi connectivity index (χ0v) is 20.2. The van der Waals surface area contributed by atoms with Crippen LogP contribution in [-0.4, -0.2) is 46.7 Å². The van der Waals surface area contributed by atoms with Crippen LogP contribution >= 0.6 is 0 Å². The predicted molar refractivity (Wildman–Crippen MR) is 131 cm³/mol. The molecule has 35 heavy (non-hydrogen) atoms. The normalized spacial score (nSPS) is 10.8. The molecule has 0 aliphatic carbocycles. The Labute approximate surface area is 203 Å². The van der Waals surface area contributed by atoms with Gasteiger partial charge in [0.15, 0.2) is 0 Å². The molecule has 0 unspecified atom stereocenters. The summed E-state index contributed by atoms with van der Waals surface area (Å²) in [5.41, 5.74) is 1.65. The topological polar surface area (TPSA) is 119 Å². The average molecular weight is 497 g/mol. The van der Waals surface area contributed by atoms with Gasteiger partial charge in [0.05, 0.1) is 49.5 Å². The van der Waals surface area contributed by atoms with E-state index in [1.807, 2.05) is 30.3 Å². The van der Waals surface area contributed by atoms with Crippen LogP contribution in [0.3, 0.4) is 0 Å². The van der Waals surface area contributed by atoms with Crippen LogP contribution in [0.1, 0.15) is 36.6 Å². The van der Waals surface area contributed by atoms with Crippen molar-refractivity contribution in [2.45, 2.75) is 6.54 Å². The van der Waals surface area contributed by atoms with Gasteiger partial charge in [0.2, 0.25) is 10.0 Å². The summed E-state index contributed by atoms with van der Waals surface area (Å²) in [6.45, 7) is 0.133. The molecular weight excluding hydrogens is 472 g/mol. The van der Waals surface area contributed by atoms with Gasteiger partial charge in [0.1, 0.15) is 0 Å². The van der Waals surface area contributed by atoms with Gasteiger partial charge in [-0.15, -0.1) is 0 Å². The molecule has 0 atom stereocenters. The SMILES string of the molecule is COC(=O)c1ccc(C(=O)OC)c(NC(=O)c2ccc(N(Cc3ccccc3)S(C)(=O)=O)cc2)c1. The molecule has 0 spiro atoms. The second-order valence-corrected chi connectivity index (χ2v) is 9.41. The Balaban J connectivity index is 1.87. The Morgan fingerprint density at radius 2 is 1.43 bits per heavy atom. The first kappa shape index (κ1) is 25.4. The number of carbonyl (C=O) groups is 3. The second kappa shape index (κ2) is 10.8. The van der Waals surface area contributed by atoms with Gasteiger partial charge in [-0.3, -0.25) is 9.10 Å². The Morgan fingerprint density at radius 3 is 2.00 bits per heavy atom. The van der Waals surface area contributed by atoms with Gasteiger partial charge in [0, 0.05) is 5.56 Å². The summed E-state index contributed by atoms with van der Waals surface area (Å²) in [4.78, 5) is 36.9. The average Bonchev–Trinajstić information content (AvgIpc) is 2.86. The van der Waals surface area contributed by atoms with Crippen LogP contribution in [0.25, 0.3) is 0 Å². The van der Waals surface area contributed by atoms with E-state index in [9.17, 15) is 22.8 Å². The standard InChI is InChI=1S/C25H24N2O7S/c1-33-24(29)19-11-14-21(25(30)34-2)22(15-19)26-23(28)18-9-12-20(13-10-18)27(35(3,31)32)16-17-7-5-4-6-8-17/h4-15H,16H2,1-3H3,(H,26,28). The van der Waals surface area contributed by atoms with Crippen molar-refractivity contribution < 1.29 is 32.3 Å². The Morgan fingerprint density at radius 1 is 0.829 bits per heavy atom. The minimum Gasteiger partial charge on any atom is -0.465 e. The summed E-state index contributed by atoms with van der Waals surface area (Å²) in [5.74, 6) is -1.91. The molecule has 10 heteroatoms. The largest absolute Gasteiger partial charge is 0.465 e. The van der Waals surface area contributed by atoms with Gasteiger partial charge < -0.3 is 14.8 Å². The lowest BCUT2D eigenvalue weighted by atomic mass is 10.1. The molecule has 0 heterocycles. The van der Waals surface area contributed by atoms with E-state index < -0.39 is 27.9 Å². The van der Waals surface area contributed by atoms with E-state index in [1.54, 1.807) is 0 Å². The molecule has 0 aliphatic rings. The first-order valence-corrected chi connectivity index (χ1v) is 12.2. The highest BCUT2D eigenvalue weighted by atomic mass is 32.2. The highest BCUT2D eigenvalue weighted by Gasteiger charge is 2.20. The maximum atomic E-state index is 12.9. The Hall–Kier alpha value is -4.18. The van der Waals surface area contributed by atoms with Crippen LogP contribution < -0.4 is 9.62 Å². The number of ether oxygens (including phenoxy) is 2. The van der Waals surface area contributed by atoms with Crippen molar-refractivity contribution in [3.63, 3.8) is 0 Å². The number of anilines is 2. The zero-order valence-electron chi connectivity index (χ0n) is 19.3. The summed E-state index contributed by atoms with van der Waals surface area (Å²) in [7, 11) is -1.18. The fourth-order valence-electron chi connectivity index (χ4n) is 3.30. The highest BCUT2D eigenvalue weighted by molar-refractivity contribution is 7.92. The van der Waals surface area contributed by atoms with E-state index in [4.69, 9.17) is 9.47 Å². The number of amides is 1. The van der Waals surface area contributed by atoms with Crippen molar-refractivity contribution in [1.29, 1.82) is 0 Å². The van der Waals surface area contributed by atoms with Crippen molar-refractivity contribution in [1.82, 2.24) is 0 Å². The number of methoxy groups -OCH3 is 2. The van der Waals surface area contributed by atoms with E-state index in [0.29, 0.717) is 5.69 Å². The molecule has 9 nitrogen and oxygen atoms in total. The molecule has 3 aromatic rings. The molecule has 182 valence electrons. The molecule has 1 amide bonds. The fourth-order valence-corrected chi connectivity index (χ4v) is 4.19. The van der Waals surface area contributed by atoms with Crippen molar-refractivity contribution in [3.05, 3.63) is 95.1 Å². The molecule has 0 saturated carbocycles. The van der Waals surface area contributed by atoms with Crippen molar-refractivity contribution in [2.75, 3.05) is 30.1 Å². The van der Waals surface area contributed by atoms with E-state index in [0.717, 1.165) is 11.8 Å². The number of sulfonamides is 1. The quantitative estimate of drug-likeness (QED) is 0.474. The maximum Gasteiger partial charge on any atom is 0.339 e. The number of rotatable bonds is 8. The number of nitrogens with zero attached hydrogens (tertiary/aromatic N) is 1. The van der Waals surface area contributed by atoms with E-state index in [2.05, 4.69) is 5.32 Å². The van der Waals surface area contributed by atoms with Crippen LogP contribution in [0.2, 0.25) is 0 Å². The summed E-state index contributed by atoms with van der Waals surface area (Å²) < 4.78 is 35.5. The Bertz CT molecular complexity index is 1340. The summed E-state index contributed by atoms with van der Waals surface area (Å²) in [5, 5.41) is 2.60. The van der Waals surface area contributed by atoms with Crippen molar-refractivity contribution in [3.8, 4) is 0 Å². The maximum absolute atomic E-state index is 12.9. The fraction of sp³-hybridized carbons (Fsp3) is 0.160. The molecule has 0 saturated heterocycles. The van der Waals surface area contributed by atoms with E-state index in [1.165, 1.54) is 61.0 Å². The number of carbonyl (C=O) groups excluding carboxylic acids is 3. The van der Waals surface area contributed by atoms with Gasteiger partial charge in [-0.05, 0) is 48.0 Å². The molecule has 1 N–H and O–H groups in total. The smallest absolute Gasteiger partial charge is 0.339 e. The van der Waals surface area contributed by atoms with Crippen LogP contribution in [0.15, 0.2) is 72.8 Å². The lowest BCUT2D eigenvalue weighted by molar-refractivity contribution is 0.0587. The predicted octanol–water partition coefficient (Wildman–Crippen LogP) is 3.48. The van der Waals surface area contributed by atoms with Gasteiger partial charge in [0.25, 0.3) is 5.91 Å². The monoisotopic (exact) mass is 496 g/mol. The third kappa shape index (κ3) is 6.24. The number of hydrogen-bond acceptors (Lipinski definition) is 7. The molecule has 3 aromatic carbocycles. The molecule has 0 bridgehead atoms. The molecule has 0 fully saturated rings. The number of hydrogen-bond donors (Lipinski definition) is 1. The van der Waals surface area contributed by atoms with Gasteiger partial charge >= 0.3 is 11.9 Å². The zero-order chi connectivity index (χ0) is 25.6. The molecule has 0 aliphatic heterocycles. The molecular formula is C25H24N2O7S. The van der Waals surface area contributed by atoms with E-state index in [-0.39, 0.29) is 28.9 Å². The minimum atomic E-state index is -3.59. The van der Waals surface area contributed by atoms with Gasteiger partial charge in [-0.25, -0.2) is 18.0 Å². The highest BCUT2D eigenvalue weighted by Crippen LogP contribution is 2.23. The van der Waals surface area contributed by atoms with Crippen molar-refractivity contribution in [2.24, 2.45) is 0 Å². The van der Waals surface area contributed by atoms with Crippen LogP contribution in [0, 0.1) is 0 Å². The third-order valence-corrected chi connectivity index (χ3v) is 6.22. The summed E-state index contributed by atoms with van der Waals surface area (Å²) >= 11 is 0. The van der Waals surface area contributed by atoms with Crippen LogP contribution in [0.5, 0.6) is 0 Å². The lowest BCUT2D eigenvalue weighted by Gasteiger charge is -2.22. The van der Waals surface area contributed by atoms with Crippen molar-refractivity contribution >= 4 is 39.2 Å². The molecule has 3 rings (SSSR count). The number of benzene rings is 3. The third-order valence-electron chi connectivity index (χ3n) is 5.08.